The van der Waals surface area contributed by atoms with Crippen LogP contribution in [0.4, 0.5) is 0 Å². The predicted octanol–water partition coefficient (Wildman–Crippen LogP) is 9.43. The Morgan fingerprint density at radius 1 is 0.413 bits per heavy atom. The third kappa shape index (κ3) is 2.71. The topological polar surface area (TPSA) is 72.3 Å². The molecule has 5 heterocycles. The van der Waals surface area contributed by atoms with E-state index in [-0.39, 0.29) is 0 Å². The van der Waals surface area contributed by atoms with Gasteiger partial charge in [0, 0.05) is 40.1 Å². The minimum absolute atomic E-state index is 0.533. The first-order valence-corrected chi connectivity index (χ1v) is 15.3. The Morgan fingerprint density at radius 2 is 0.826 bits per heavy atom. The molecule has 0 saturated carbocycles. The Bertz CT molecular complexity index is 2730. The fraction of sp³-hybridized carbons (Fsp3) is 0. The van der Waals surface area contributed by atoms with E-state index in [1.54, 1.807) is 0 Å². The molecule has 0 unspecified atom stereocenters. The first-order valence-electron chi connectivity index (χ1n) is 15.3. The highest BCUT2D eigenvalue weighted by Gasteiger charge is 2.26. The third-order valence-electron chi connectivity index (χ3n) is 9.84. The van der Waals surface area contributed by atoms with Crippen LogP contribution in [0.3, 0.4) is 0 Å². The Labute approximate surface area is 260 Å². The average Bonchev–Trinajstić information content (AvgIpc) is 3.64. The Morgan fingerprint density at radius 3 is 1.35 bits per heavy atom. The van der Waals surface area contributed by atoms with Crippen molar-refractivity contribution in [1.29, 1.82) is 5.26 Å². The second-order valence-electron chi connectivity index (χ2n) is 11.9. The lowest BCUT2D eigenvalue weighted by atomic mass is 9.96. The maximum atomic E-state index is 11.0. The maximum Gasteiger partial charge on any atom is 0.147 e. The molecule has 6 nitrogen and oxygen atoms in total. The van der Waals surface area contributed by atoms with Crippen molar-refractivity contribution < 1.29 is 0 Å². The molecule has 0 aliphatic heterocycles. The minimum Gasteiger partial charge on any atom is -0.292 e. The summed E-state index contributed by atoms with van der Waals surface area (Å²) in [6.07, 6.45) is 5.59. The number of benzene rings is 6. The number of rotatable bonds is 2. The molecule has 46 heavy (non-hydrogen) atoms. The number of hydrogen-bond donors (Lipinski definition) is 0. The van der Waals surface area contributed by atoms with Gasteiger partial charge in [0.05, 0.1) is 16.9 Å². The highest BCUT2D eigenvalue weighted by Crippen LogP contribution is 2.45. The van der Waals surface area contributed by atoms with E-state index in [4.69, 9.17) is 15.0 Å². The molecular weight excluding hydrogens is 564 g/mol. The van der Waals surface area contributed by atoms with Crippen molar-refractivity contribution in [2.24, 2.45) is 0 Å². The smallest absolute Gasteiger partial charge is 0.147 e. The normalized spacial score (nSPS) is 12.3. The molecule has 0 N–H and O–H groups in total. The molecule has 0 atom stereocenters. The number of nitriles is 1. The number of fused-ring (bicyclic) bond motifs is 6. The van der Waals surface area contributed by atoms with Gasteiger partial charge < -0.3 is 0 Å². The van der Waals surface area contributed by atoms with Crippen LogP contribution in [0.2, 0.25) is 0 Å². The molecule has 210 valence electrons. The molecule has 11 rings (SSSR count). The van der Waals surface area contributed by atoms with E-state index in [1.165, 1.54) is 26.9 Å². The van der Waals surface area contributed by atoms with Crippen LogP contribution in [0.1, 0.15) is 5.56 Å². The van der Waals surface area contributed by atoms with Crippen LogP contribution >= 0.6 is 0 Å². The molecule has 0 aliphatic rings. The molecular formula is C40H20N6. The summed E-state index contributed by atoms with van der Waals surface area (Å²) in [5.41, 5.74) is 5.47. The van der Waals surface area contributed by atoms with Crippen LogP contribution in [0.15, 0.2) is 122 Å². The fourth-order valence-electron chi connectivity index (χ4n) is 8.09. The second-order valence-corrected chi connectivity index (χ2v) is 11.9. The van der Waals surface area contributed by atoms with Crippen LogP contribution in [-0.4, -0.2) is 24.1 Å². The quantitative estimate of drug-likeness (QED) is 0.190. The van der Waals surface area contributed by atoms with Gasteiger partial charge in [-0.2, -0.15) is 5.26 Å². The van der Waals surface area contributed by atoms with Gasteiger partial charge >= 0.3 is 0 Å². The third-order valence-corrected chi connectivity index (χ3v) is 9.84. The standard InChI is InChI=1S/C40H20N6/c41-21-30-31(45-33-14-5-11-26-22-7-1-2-8-23(22)27-15-18-42-38(45)35(27)34(26)33)12-6-13-32(30)46-39-36-28(16-19-43-39)24-9-3-4-10-25(24)29-17-20-44-40(46)37(29)36/h1-20H. The van der Waals surface area contributed by atoms with E-state index >= 15 is 0 Å². The van der Waals surface area contributed by atoms with Crippen LogP contribution in [0.25, 0.3) is 98.5 Å². The molecule has 0 spiro atoms. The van der Waals surface area contributed by atoms with Gasteiger partial charge in [0.1, 0.15) is 28.6 Å². The van der Waals surface area contributed by atoms with Crippen molar-refractivity contribution in [2.75, 3.05) is 0 Å². The zero-order chi connectivity index (χ0) is 30.1. The maximum absolute atomic E-state index is 11.0. The summed E-state index contributed by atoms with van der Waals surface area (Å²) in [6.45, 7) is 0. The minimum atomic E-state index is 0.533. The monoisotopic (exact) mass is 584 g/mol. The van der Waals surface area contributed by atoms with Gasteiger partial charge in [0.15, 0.2) is 0 Å². The van der Waals surface area contributed by atoms with Crippen LogP contribution < -0.4 is 0 Å². The molecule has 0 aliphatic carbocycles. The van der Waals surface area contributed by atoms with Crippen molar-refractivity contribution in [3.05, 3.63) is 127 Å². The first-order chi connectivity index (χ1) is 22.8. The van der Waals surface area contributed by atoms with Gasteiger partial charge in [-0.15, -0.1) is 0 Å². The SMILES string of the molecule is N#Cc1c(-n2c3cccc4c5ccccc5c5ccnc2c5c43)cccc1-n1c2nccc3c4ccccc4c4ccnc1c4c32. The van der Waals surface area contributed by atoms with E-state index in [2.05, 4.69) is 100 Å². The van der Waals surface area contributed by atoms with Crippen LogP contribution in [-0.2, 0) is 0 Å². The molecule has 6 aromatic carbocycles. The Kier molecular flexibility index (Phi) is 4.31. The molecule has 0 amide bonds. The zero-order valence-corrected chi connectivity index (χ0v) is 24.2. The Hall–Kier alpha value is -6.58. The van der Waals surface area contributed by atoms with E-state index in [0.29, 0.717) is 5.56 Å². The molecule has 11 aromatic rings. The summed E-state index contributed by atoms with van der Waals surface area (Å²) in [6, 6.07) is 38.4. The molecule has 0 fully saturated rings. The highest BCUT2D eigenvalue weighted by atomic mass is 15.1. The fourth-order valence-corrected chi connectivity index (χ4v) is 8.09. The average molecular weight is 585 g/mol. The van der Waals surface area contributed by atoms with Crippen LogP contribution in [0.5, 0.6) is 0 Å². The van der Waals surface area contributed by atoms with Crippen molar-refractivity contribution in [2.45, 2.75) is 0 Å². The lowest BCUT2D eigenvalue weighted by Crippen LogP contribution is -2.05. The molecule has 0 bridgehead atoms. The summed E-state index contributed by atoms with van der Waals surface area (Å²) in [5.74, 6) is 0. The Balaban J connectivity index is 1.30. The zero-order valence-electron chi connectivity index (χ0n) is 24.2. The van der Waals surface area contributed by atoms with Gasteiger partial charge in [0.2, 0.25) is 0 Å². The summed E-state index contributed by atoms with van der Waals surface area (Å²) in [5, 5.41) is 24.7. The van der Waals surface area contributed by atoms with E-state index in [9.17, 15) is 5.26 Å². The van der Waals surface area contributed by atoms with Crippen molar-refractivity contribution in [1.82, 2.24) is 24.1 Å². The van der Waals surface area contributed by atoms with Crippen molar-refractivity contribution in [3.63, 3.8) is 0 Å². The largest absolute Gasteiger partial charge is 0.292 e. The summed E-state index contributed by atoms with van der Waals surface area (Å²) in [4.78, 5) is 14.8. The van der Waals surface area contributed by atoms with Crippen molar-refractivity contribution >= 4 is 87.1 Å². The summed E-state index contributed by atoms with van der Waals surface area (Å²) >= 11 is 0. The number of aromatic nitrogens is 5. The van der Waals surface area contributed by atoms with Gasteiger partial charge in [0.25, 0.3) is 0 Å². The molecule has 6 heteroatoms. The molecule has 0 saturated heterocycles. The summed E-state index contributed by atoms with van der Waals surface area (Å²) in [7, 11) is 0. The van der Waals surface area contributed by atoms with Gasteiger partial charge in [-0.25, -0.2) is 15.0 Å². The second kappa shape index (κ2) is 8.32. The predicted molar refractivity (Wildman–Crippen MR) is 186 cm³/mol. The number of pyridine rings is 3. The summed E-state index contributed by atoms with van der Waals surface area (Å²) < 4.78 is 4.23. The van der Waals surface area contributed by atoms with E-state index < -0.39 is 0 Å². The number of nitrogens with zero attached hydrogens (tertiary/aromatic N) is 6. The van der Waals surface area contributed by atoms with Gasteiger partial charge in [-0.3, -0.25) is 9.13 Å². The first kappa shape index (κ1) is 23.8. The van der Waals surface area contributed by atoms with Crippen LogP contribution in [0, 0.1) is 11.3 Å². The molecule has 5 aromatic heterocycles. The van der Waals surface area contributed by atoms with E-state index in [0.717, 1.165) is 71.5 Å². The van der Waals surface area contributed by atoms with Gasteiger partial charge in [-0.1, -0.05) is 66.7 Å². The lowest BCUT2D eigenvalue weighted by Gasteiger charge is -2.14. The van der Waals surface area contributed by atoms with Crippen molar-refractivity contribution in [3.8, 4) is 17.4 Å². The number of hydrogen-bond acceptors (Lipinski definition) is 4. The molecule has 0 radical (unpaired) electrons. The lowest BCUT2D eigenvalue weighted by molar-refractivity contribution is 1.07. The van der Waals surface area contributed by atoms with Gasteiger partial charge in [-0.05, 0) is 79.5 Å². The highest BCUT2D eigenvalue weighted by molar-refractivity contribution is 6.34. The van der Waals surface area contributed by atoms with E-state index in [1.807, 2.05) is 36.8 Å².